The number of hydrogen-bond donors (Lipinski definition) is 5. The van der Waals surface area contributed by atoms with E-state index in [-0.39, 0.29) is 12.2 Å². The minimum atomic E-state index is -1.18. The zero-order chi connectivity index (χ0) is 27.3. The lowest BCUT2D eigenvalue weighted by atomic mass is 9.94. The highest BCUT2D eigenvalue weighted by Crippen LogP contribution is 2.22. The maximum atomic E-state index is 12.4. The van der Waals surface area contributed by atoms with Crippen LogP contribution in [0.1, 0.15) is 30.5 Å². The molecule has 2 aromatic rings. The molecule has 0 heterocycles. The molecule has 35 heavy (non-hydrogen) atoms. The zero-order valence-corrected chi connectivity index (χ0v) is 19.9. The lowest BCUT2D eigenvalue weighted by Gasteiger charge is -2.15. The van der Waals surface area contributed by atoms with Crippen molar-refractivity contribution in [2.24, 2.45) is 11.7 Å². The number of benzene rings is 2. The van der Waals surface area contributed by atoms with E-state index in [1.165, 1.54) is 32.0 Å². The van der Waals surface area contributed by atoms with Gasteiger partial charge < -0.3 is 26.2 Å². The summed E-state index contributed by atoms with van der Waals surface area (Å²) in [6.45, 7) is 19.9. The first-order valence-electron chi connectivity index (χ1n) is 10.4. The van der Waals surface area contributed by atoms with E-state index < -0.39 is 36.1 Å². The number of rotatable bonds is 6. The van der Waals surface area contributed by atoms with Crippen molar-refractivity contribution in [3.63, 3.8) is 0 Å². The van der Waals surface area contributed by atoms with Gasteiger partial charge in [-0.3, -0.25) is 9.59 Å². The van der Waals surface area contributed by atoms with Crippen LogP contribution in [-0.4, -0.2) is 50.6 Å². The Labute approximate surface area is 203 Å². The van der Waals surface area contributed by atoms with Crippen molar-refractivity contribution < 1.29 is 34.4 Å². The molecule has 188 valence electrons. The number of nitrogens with zero attached hydrogens (tertiary/aromatic N) is 2. The second-order valence-corrected chi connectivity index (χ2v) is 7.77. The van der Waals surface area contributed by atoms with Crippen LogP contribution in [0.25, 0.3) is 9.69 Å². The minimum absolute atomic E-state index is 0.270. The summed E-state index contributed by atoms with van der Waals surface area (Å²) in [7, 11) is 0. The molecule has 0 unspecified atom stereocenters. The summed E-state index contributed by atoms with van der Waals surface area (Å²) in [5, 5.41) is 34.9. The smallest absolute Gasteiger partial charge is 0.323 e. The van der Waals surface area contributed by atoms with Gasteiger partial charge in [0.1, 0.15) is 11.9 Å². The van der Waals surface area contributed by atoms with Gasteiger partial charge in [0.05, 0.1) is 31.3 Å². The van der Waals surface area contributed by atoms with Gasteiger partial charge in [0, 0.05) is 0 Å². The highest BCUT2D eigenvalue weighted by atomic mass is 19.1. The normalized spacial score (nSPS) is 13.2. The highest BCUT2D eigenvalue weighted by Gasteiger charge is 2.23. The molecule has 6 N–H and O–H groups in total. The number of hydrogen-bond acceptors (Lipinski definition) is 5. The quantitative estimate of drug-likeness (QED) is 0.391. The summed E-state index contributed by atoms with van der Waals surface area (Å²) in [4.78, 5) is 27.3. The lowest BCUT2D eigenvalue weighted by Crippen LogP contribution is -2.39. The topological polar surface area (TPSA) is 150 Å². The van der Waals surface area contributed by atoms with Crippen molar-refractivity contribution in [2.75, 3.05) is 0 Å². The molecule has 9 nitrogen and oxygen atoms in total. The van der Waals surface area contributed by atoms with Gasteiger partial charge in [0.15, 0.2) is 11.4 Å². The second-order valence-electron chi connectivity index (χ2n) is 7.77. The zero-order valence-electron chi connectivity index (χ0n) is 19.9. The van der Waals surface area contributed by atoms with Crippen LogP contribution in [0.3, 0.4) is 0 Å². The number of aliphatic hydroxyl groups is 2. The van der Waals surface area contributed by atoms with Gasteiger partial charge in [-0.05, 0) is 62.9 Å². The molecule has 0 saturated carbocycles. The molecule has 0 spiro atoms. The van der Waals surface area contributed by atoms with Crippen LogP contribution < -0.4 is 5.73 Å². The minimum Gasteiger partial charge on any atom is -0.481 e. The molecular formula is C25H30FN3O6. The molecular weight excluding hydrogens is 457 g/mol. The van der Waals surface area contributed by atoms with Crippen LogP contribution in [-0.2, 0) is 16.0 Å². The molecule has 0 aliphatic carbocycles. The molecule has 0 amide bonds. The lowest BCUT2D eigenvalue weighted by molar-refractivity contribution is -0.145. The number of halogens is 1. The van der Waals surface area contributed by atoms with Gasteiger partial charge >= 0.3 is 11.9 Å². The number of carbonyl (C=O) groups is 2. The summed E-state index contributed by atoms with van der Waals surface area (Å²) in [6, 6.07) is 8.18. The SMILES string of the molecule is C[C@@H](O)[C@@H](N)C(=O)O.[C-]#[N+]c1ccc(C[C@@H](C(=O)O)[C@@H](C)O)cc1C.[C-]#[N+]c1ccc(F)cc1C. The summed E-state index contributed by atoms with van der Waals surface area (Å²) in [5.74, 6) is -3.29. The third-order valence-corrected chi connectivity index (χ3v) is 4.82. The Hall–Kier alpha value is -3.83. The van der Waals surface area contributed by atoms with Crippen molar-refractivity contribution >= 4 is 23.3 Å². The van der Waals surface area contributed by atoms with E-state index in [9.17, 15) is 19.1 Å². The average molecular weight is 488 g/mol. The van der Waals surface area contributed by atoms with Gasteiger partial charge in [-0.2, -0.15) is 0 Å². The monoisotopic (exact) mass is 487 g/mol. The third-order valence-electron chi connectivity index (χ3n) is 4.82. The van der Waals surface area contributed by atoms with Crippen LogP contribution in [0.15, 0.2) is 36.4 Å². The fraction of sp³-hybridized carbons (Fsp3) is 0.360. The average Bonchev–Trinajstić information content (AvgIpc) is 2.77. The molecule has 2 aromatic carbocycles. The molecule has 10 heteroatoms. The van der Waals surface area contributed by atoms with E-state index in [0.717, 1.165) is 11.1 Å². The van der Waals surface area contributed by atoms with Gasteiger partial charge in [-0.15, -0.1) is 0 Å². The molecule has 0 aliphatic heterocycles. The maximum Gasteiger partial charge on any atom is 0.323 e. The predicted molar refractivity (Wildman–Crippen MR) is 129 cm³/mol. The number of aliphatic hydroxyl groups excluding tert-OH is 2. The van der Waals surface area contributed by atoms with Crippen LogP contribution in [0, 0.1) is 38.7 Å². The van der Waals surface area contributed by atoms with Crippen molar-refractivity contribution in [1.29, 1.82) is 0 Å². The molecule has 0 saturated heterocycles. The second kappa shape index (κ2) is 15.1. The van der Waals surface area contributed by atoms with Crippen LogP contribution >= 0.6 is 0 Å². The number of aliphatic carboxylic acids is 2. The largest absolute Gasteiger partial charge is 0.481 e. The Balaban J connectivity index is 0.000000545. The van der Waals surface area contributed by atoms with Gasteiger partial charge in [-0.1, -0.05) is 24.3 Å². The van der Waals surface area contributed by atoms with Crippen molar-refractivity contribution in [2.45, 2.75) is 52.4 Å². The first-order valence-corrected chi connectivity index (χ1v) is 10.4. The number of aryl methyl sites for hydroxylation is 2. The van der Waals surface area contributed by atoms with Crippen LogP contribution in [0.2, 0.25) is 0 Å². The van der Waals surface area contributed by atoms with E-state index in [1.54, 1.807) is 25.1 Å². The van der Waals surface area contributed by atoms with Crippen LogP contribution in [0.5, 0.6) is 0 Å². The number of nitrogens with two attached hydrogens (primary N) is 1. The summed E-state index contributed by atoms with van der Waals surface area (Å²) < 4.78 is 12.4. The fourth-order valence-corrected chi connectivity index (χ4v) is 2.64. The Morgan fingerprint density at radius 1 is 0.914 bits per heavy atom. The molecule has 4 atom stereocenters. The predicted octanol–water partition coefficient (Wildman–Crippen LogP) is 3.63. The van der Waals surface area contributed by atoms with E-state index >= 15 is 0 Å². The van der Waals surface area contributed by atoms with Crippen molar-refractivity contribution in [1.82, 2.24) is 0 Å². The van der Waals surface area contributed by atoms with Crippen molar-refractivity contribution in [3.8, 4) is 0 Å². The Morgan fingerprint density at radius 2 is 1.40 bits per heavy atom. The molecule has 0 fully saturated rings. The van der Waals surface area contributed by atoms with Crippen LogP contribution in [0.4, 0.5) is 15.8 Å². The Bertz CT molecular complexity index is 1090. The summed E-state index contributed by atoms with van der Waals surface area (Å²) in [5.41, 5.74) is 8.33. The first kappa shape index (κ1) is 31.2. The molecule has 0 radical (unpaired) electrons. The summed E-state index contributed by atoms with van der Waals surface area (Å²) in [6.07, 6.45) is -1.60. The van der Waals surface area contributed by atoms with E-state index in [4.69, 9.17) is 34.2 Å². The van der Waals surface area contributed by atoms with Gasteiger partial charge in [0.2, 0.25) is 0 Å². The van der Waals surface area contributed by atoms with E-state index in [1.807, 2.05) is 6.92 Å². The van der Waals surface area contributed by atoms with Crippen molar-refractivity contribution in [3.05, 3.63) is 81.7 Å². The first-order chi connectivity index (χ1) is 16.2. The third kappa shape index (κ3) is 11.2. The van der Waals surface area contributed by atoms with E-state index in [2.05, 4.69) is 9.69 Å². The maximum absolute atomic E-state index is 12.4. The Kier molecular flexibility index (Phi) is 13.5. The van der Waals surface area contributed by atoms with Gasteiger partial charge in [0.25, 0.3) is 0 Å². The number of carboxylic acid groups (broad SMARTS) is 2. The van der Waals surface area contributed by atoms with Gasteiger partial charge in [-0.25, -0.2) is 14.1 Å². The summed E-state index contributed by atoms with van der Waals surface area (Å²) >= 11 is 0. The highest BCUT2D eigenvalue weighted by molar-refractivity contribution is 5.73. The fourth-order valence-electron chi connectivity index (χ4n) is 2.64. The Morgan fingerprint density at radius 3 is 1.71 bits per heavy atom. The molecule has 2 rings (SSSR count). The molecule has 0 bridgehead atoms. The number of carboxylic acids is 2. The molecule has 0 aromatic heterocycles. The standard InChI is InChI=1S/C13H15NO3.C8H6FN.C4H9NO3/c1-8-6-10(4-5-12(8)14-3)7-11(9(2)15)13(16)17;1-6-5-7(9)3-4-8(6)10-2;1-2(6)3(5)4(7)8/h4-6,9,11,15H,7H2,1-2H3,(H,16,17);3-5H,1H3;2-3,6H,5H2,1H3,(H,7,8)/t9-,11-;;2-,3-/m1.1/s1. The molecule has 0 aliphatic rings. The van der Waals surface area contributed by atoms with E-state index in [0.29, 0.717) is 16.9 Å².